The second-order valence-corrected chi connectivity index (χ2v) is 6.65. The largest absolute Gasteiger partial charge is 0.493 e. The lowest BCUT2D eigenvalue weighted by molar-refractivity contribution is -0.121. The lowest BCUT2D eigenvalue weighted by Gasteiger charge is -2.35. The van der Waals surface area contributed by atoms with E-state index in [1.165, 1.54) is 12.8 Å². The van der Waals surface area contributed by atoms with Crippen LogP contribution in [0.1, 0.15) is 32.3 Å². The van der Waals surface area contributed by atoms with Gasteiger partial charge in [-0.05, 0) is 57.5 Å². The van der Waals surface area contributed by atoms with Gasteiger partial charge in [-0.3, -0.25) is 9.69 Å². The van der Waals surface area contributed by atoms with Crippen molar-refractivity contribution in [3.63, 3.8) is 0 Å². The van der Waals surface area contributed by atoms with Crippen LogP contribution in [-0.4, -0.2) is 50.2 Å². The first-order valence-electron chi connectivity index (χ1n) is 8.19. The van der Waals surface area contributed by atoms with E-state index in [9.17, 15) is 4.79 Å². The smallest absolute Gasteiger partial charge is 0.224 e. The Morgan fingerprint density at radius 1 is 1.17 bits per heavy atom. The molecule has 128 valence electrons. The van der Waals surface area contributed by atoms with Crippen LogP contribution in [0.2, 0.25) is 0 Å². The van der Waals surface area contributed by atoms with Crippen molar-refractivity contribution in [2.24, 2.45) is 0 Å². The van der Waals surface area contributed by atoms with E-state index < -0.39 is 0 Å². The van der Waals surface area contributed by atoms with E-state index in [0.29, 0.717) is 24.5 Å². The quantitative estimate of drug-likeness (QED) is 0.837. The average molecular weight is 320 g/mol. The second kappa shape index (κ2) is 7.68. The van der Waals surface area contributed by atoms with Gasteiger partial charge in [-0.2, -0.15) is 0 Å². The molecule has 23 heavy (non-hydrogen) atoms. The summed E-state index contributed by atoms with van der Waals surface area (Å²) in [5.74, 6) is 1.35. The molecule has 1 aliphatic heterocycles. The highest BCUT2D eigenvalue weighted by atomic mass is 16.5. The fraction of sp³-hybridized carbons (Fsp3) is 0.611. The molecule has 1 N–H and O–H groups in total. The molecule has 1 aromatic carbocycles. The highest BCUT2D eigenvalue weighted by Gasteiger charge is 2.29. The Bertz CT molecular complexity index is 537. The van der Waals surface area contributed by atoms with Gasteiger partial charge in [-0.15, -0.1) is 0 Å². The topological polar surface area (TPSA) is 50.8 Å². The molecule has 0 aliphatic carbocycles. The fourth-order valence-corrected chi connectivity index (χ4v) is 2.99. The molecular formula is C18H28N2O3. The Balaban J connectivity index is 1.89. The van der Waals surface area contributed by atoms with Crippen molar-refractivity contribution in [1.82, 2.24) is 10.2 Å². The number of ether oxygens (including phenoxy) is 2. The minimum Gasteiger partial charge on any atom is -0.493 e. The summed E-state index contributed by atoms with van der Waals surface area (Å²) in [6.07, 6.45) is 2.85. The number of hydrogen-bond acceptors (Lipinski definition) is 4. The molecule has 5 nitrogen and oxygen atoms in total. The number of amides is 1. The monoisotopic (exact) mass is 320 g/mol. The molecule has 0 unspecified atom stereocenters. The molecule has 1 amide bonds. The van der Waals surface area contributed by atoms with Gasteiger partial charge < -0.3 is 14.8 Å². The number of rotatable bonds is 7. The first-order valence-corrected chi connectivity index (χ1v) is 8.19. The molecular weight excluding hydrogens is 292 g/mol. The van der Waals surface area contributed by atoms with E-state index in [0.717, 1.165) is 18.7 Å². The predicted octanol–water partition coefficient (Wildman–Crippen LogP) is 2.24. The molecule has 0 spiro atoms. The first-order chi connectivity index (χ1) is 11.0. The zero-order valence-electron chi connectivity index (χ0n) is 14.6. The zero-order valence-corrected chi connectivity index (χ0v) is 14.6. The summed E-state index contributed by atoms with van der Waals surface area (Å²) in [5, 5.41) is 3.06. The average Bonchev–Trinajstić information content (AvgIpc) is 3.08. The van der Waals surface area contributed by atoms with Crippen LogP contribution in [-0.2, 0) is 11.2 Å². The lowest BCUT2D eigenvalue weighted by atomic mass is 10.0. The summed E-state index contributed by atoms with van der Waals surface area (Å²) in [5.41, 5.74) is 0.920. The van der Waals surface area contributed by atoms with Gasteiger partial charge in [0, 0.05) is 12.1 Å². The van der Waals surface area contributed by atoms with Crippen molar-refractivity contribution < 1.29 is 14.3 Å². The van der Waals surface area contributed by atoms with Gasteiger partial charge in [0.15, 0.2) is 11.5 Å². The highest BCUT2D eigenvalue weighted by Crippen LogP contribution is 2.27. The Labute approximate surface area is 139 Å². The van der Waals surface area contributed by atoms with E-state index in [2.05, 4.69) is 24.1 Å². The van der Waals surface area contributed by atoms with Crippen molar-refractivity contribution in [3.8, 4) is 11.5 Å². The summed E-state index contributed by atoms with van der Waals surface area (Å²) in [7, 11) is 3.20. The van der Waals surface area contributed by atoms with Crippen molar-refractivity contribution in [1.29, 1.82) is 0 Å². The number of benzene rings is 1. The predicted molar refractivity (Wildman–Crippen MR) is 91.1 cm³/mol. The van der Waals surface area contributed by atoms with Crippen LogP contribution < -0.4 is 14.8 Å². The number of nitrogens with zero attached hydrogens (tertiary/aromatic N) is 1. The minimum atomic E-state index is 0.00373. The molecule has 0 saturated carbocycles. The zero-order chi connectivity index (χ0) is 16.9. The van der Waals surface area contributed by atoms with Gasteiger partial charge in [-0.1, -0.05) is 6.07 Å². The molecule has 0 atom stereocenters. The number of carbonyl (C=O) groups excluding carboxylic acids is 1. The summed E-state index contributed by atoms with van der Waals surface area (Å²) in [4.78, 5) is 14.7. The van der Waals surface area contributed by atoms with Crippen molar-refractivity contribution in [2.45, 2.75) is 38.6 Å². The Kier molecular flexibility index (Phi) is 5.88. The normalized spacial score (nSPS) is 15.5. The summed E-state index contributed by atoms with van der Waals surface area (Å²) < 4.78 is 10.5. The maximum absolute atomic E-state index is 12.2. The summed E-state index contributed by atoms with van der Waals surface area (Å²) >= 11 is 0. The third-order valence-corrected chi connectivity index (χ3v) is 4.49. The molecule has 0 radical (unpaired) electrons. The molecule has 1 heterocycles. The Hall–Kier alpha value is -1.75. The van der Waals surface area contributed by atoms with Gasteiger partial charge in [-0.25, -0.2) is 0 Å². The fourth-order valence-electron chi connectivity index (χ4n) is 2.99. The molecule has 5 heteroatoms. The van der Waals surface area contributed by atoms with Gasteiger partial charge in [0.1, 0.15) is 0 Å². The van der Waals surface area contributed by atoms with E-state index in [-0.39, 0.29) is 11.4 Å². The van der Waals surface area contributed by atoms with E-state index in [1.807, 2.05) is 18.2 Å². The van der Waals surface area contributed by atoms with Gasteiger partial charge in [0.05, 0.1) is 20.6 Å². The van der Waals surface area contributed by atoms with Crippen molar-refractivity contribution >= 4 is 5.91 Å². The van der Waals surface area contributed by atoms with Crippen molar-refractivity contribution in [2.75, 3.05) is 33.9 Å². The third kappa shape index (κ3) is 4.61. The maximum Gasteiger partial charge on any atom is 0.224 e. The van der Waals surface area contributed by atoms with Crippen molar-refractivity contribution in [3.05, 3.63) is 23.8 Å². The standard InChI is InChI=1S/C18H28N2O3/c1-18(2,20-9-5-6-10-20)13-19-17(21)12-14-7-8-15(22-3)16(11-14)23-4/h7-8,11H,5-6,9-10,12-13H2,1-4H3,(H,19,21). The highest BCUT2D eigenvalue weighted by molar-refractivity contribution is 5.78. The molecule has 0 bridgehead atoms. The maximum atomic E-state index is 12.2. The van der Waals surface area contributed by atoms with Crippen LogP contribution in [0.25, 0.3) is 0 Å². The van der Waals surface area contributed by atoms with E-state index in [4.69, 9.17) is 9.47 Å². The molecule has 1 aliphatic rings. The Morgan fingerprint density at radius 3 is 2.43 bits per heavy atom. The number of nitrogens with one attached hydrogen (secondary N) is 1. The second-order valence-electron chi connectivity index (χ2n) is 6.65. The number of carbonyl (C=O) groups is 1. The van der Waals surface area contributed by atoms with Crippen LogP contribution in [0.4, 0.5) is 0 Å². The van der Waals surface area contributed by atoms with Crippen LogP contribution in [0, 0.1) is 0 Å². The molecule has 1 saturated heterocycles. The van der Waals surface area contributed by atoms with Crippen LogP contribution >= 0.6 is 0 Å². The van der Waals surface area contributed by atoms with Gasteiger partial charge >= 0.3 is 0 Å². The third-order valence-electron chi connectivity index (χ3n) is 4.49. The molecule has 1 fully saturated rings. The first kappa shape index (κ1) is 17.6. The van der Waals surface area contributed by atoms with Crippen LogP contribution in [0.15, 0.2) is 18.2 Å². The molecule has 2 rings (SSSR count). The van der Waals surface area contributed by atoms with Gasteiger partial charge in [0.25, 0.3) is 0 Å². The number of likely N-dealkylation sites (tertiary alicyclic amines) is 1. The minimum absolute atomic E-state index is 0.00373. The van der Waals surface area contributed by atoms with Gasteiger partial charge in [0.2, 0.25) is 5.91 Å². The Morgan fingerprint density at radius 2 is 1.83 bits per heavy atom. The molecule has 1 aromatic rings. The van der Waals surface area contributed by atoms with Crippen LogP contribution in [0.5, 0.6) is 11.5 Å². The molecule has 0 aromatic heterocycles. The summed E-state index contributed by atoms with van der Waals surface area (Å²) in [6.45, 7) is 7.29. The number of methoxy groups -OCH3 is 2. The van der Waals surface area contributed by atoms with Crippen LogP contribution in [0.3, 0.4) is 0 Å². The van der Waals surface area contributed by atoms with E-state index >= 15 is 0 Å². The SMILES string of the molecule is COc1ccc(CC(=O)NCC(C)(C)N2CCCC2)cc1OC. The number of hydrogen-bond donors (Lipinski definition) is 1. The summed E-state index contributed by atoms with van der Waals surface area (Å²) in [6, 6.07) is 5.58. The lowest BCUT2D eigenvalue weighted by Crippen LogP contribution is -2.50. The van der Waals surface area contributed by atoms with E-state index in [1.54, 1.807) is 14.2 Å².